The van der Waals surface area contributed by atoms with E-state index in [9.17, 15) is 4.79 Å². The van der Waals surface area contributed by atoms with E-state index >= 15 is 0 Å². The SMILES string of the molecule is O=C(CBr)c1ccc(OCCN2CCN(C3CC3)CC2)cc1. The van der Waals surface area contributed by atoms with Crippen molar-refractivity contribution >= 4 is 21.7 Å². The molecule has 120 valence electrons. The molecule has 0 unspecified atom stereocenters. The second kappa shape index (κ2) is 7.57. The van der Waals surface area contributed by atoms with E-state index in [4.69, 9.17) is 4.74 Å². The zero-order chi connectivity index (χ0) is 15.4. The molecular weight excluding hydrogens is 344 g/mol. The van der Waals surface area contributed by atoms with Crippen molar-refractivity contribution in [1.82, 2.24) is 9.80 Å². The molecule has 0 amide bonds. The van der Waals surface area contributed by atoms with E-state index in [1.807, 2.05) is 24.3 Å². The summed E-state index contributed by atoms with van der Waals surface area (Å²) < 4.78 is 5.79. The first-order valence-electron chi connectivity index (χ1n) is 8.04. The number of halogens is 1. The molecule has 1 aromatic rings. The van der Waals surface area contributed by atoms with Gasteiger partial charge in [0, 0.05) is 44.3 Å². The van der Waals surface area contributed by atoms with E-state index in [2.05, 4.69) is 25.7 Å². The van der Waals surface area contributed by atoms with Gasteiger partial charge in [0.2, 0.25) is 0 Å². The molecule has 0 aromatic heterocycles. The fraction of sp³-hybridized carbons (Fsp3) is 0.588. The molecule has 4 nitrogen and oxygen atoms in total. The molecular formula is C17H23BrN2O2. The number of hydrogen-bond donors (Lipinski definition) is 0. The van der Waals surface area contributed by atoms with Gasteiger partial charge in [0.05, 0.1) is 5.33 Å². The van der Waals surface area contributed by atoms with Crippen LogP contribution in [0.1, 0.15) is 23.2 Å². The Balaban J connectivity index is 1.37. The fourth-order valence-electron chi connectivity index (χ4n) is 2.90. The number of Topliss-reactive ketones (excluding diaryl/α,β-unsaturated/α-hetero) is 1. The Morgan fingerprint density at radius 1 is 1.14 bits per heavy atom. The Kier molecular flexibility index (Phi) is 5.50. The van der Waals surface area contributed by atoms with Gasteiger partial charge < -0.3 is 4.74 Å². The number of alkyl halides is 1. The van der Waals surface area contributed by atoms with Crippen molar-refractivity contribution in [2.45, 2.75) is 18.9 Å². The molecule has 0 atom stereocenters. The van der Waals surface area contributed by atoms with Crippen molar-refractivity contribution in [3.8, 4) is 5.75 Å². The van der Waals surface area contributed by atoms with Crippen molar-refractivity contribution in [2.24, 2.45) is 0 Å². The van der Waals surface area contributed by atoms with Crippen LogP contribution in [0.4, 0.5) is 0 Å². The molecule has 1 heterocycles. The van der Waals surface area contributed by atoms with E-state index in [-0.39, 0.29) is 5.78 Å². The van der Waals surface area contributed by atoms with Gasteiger partial charge in [-0.3, -0.25) is 14.6 Å². The topological polar surface area (TPSA) is 32.8 Å². The molecule has 1 saturated heterocycles. The molecule has 1 aliphatic carbocycles. The number of rotatable bonds is 7. The smallest absolute Gasteiger partial charge is 0.173 e. The van der Waals surface area contributed by atoms with Crippen LogP contribution in [0.3, 0.4) is 0 Å². The minimum absolute atomic E-state index is 0.0973. The van der Waals surface area contributed by atoms with Crippen LogP contribution in [0, 0.1) is 0 Å². The zero-order valence-corrected chi connectivity index (χ0v) is 14.4. The largest absolute Gasteiger partial charge is 0.492 e. The molecule has 0 spiro atoms. The zero-order valence-electron chi connectivity index (χ0n) is 12.8. The van der Waals surface area contributed by atoms with Crippen LogP contribution in [-0.2, 0) is 0 Å². The number of ketones is 1. The highest BCUT2D eigenvalue weighted by molar-refractivity contribution is 9.09. The number of piperazine rings is 1. The number of benzene rings is 1. The van der Waals surface area contributed by atoms with Crippen LogP contribution >= 0.6 is 15.9 Å². The summed E-state index contributed by atoms with van der Waals surface area (Å²) in [4.78, 5) is 16.6. The lowest BCUT2D eigenvalue weighted by atomic mass is 10.1. The van der Waals surface area contributed by atoms with E-state index in [1.165, 1.54) is 25.9 Å². The van der Waals surface area contributed by atoms with Crippen LogP contribution in [0.2, 0.25) is 0 Å². The first-order valence-corrected chi connectivity index (χ1v) is 9.17. The van der Waals surface area contributed by atoms with E-state index in [1.54, 1.807) is 0 Å². The average molecular weight is 367 g/mol. The lowest BCUT2D eigenvalue weighted by Crippen LogP contribution is -2.48. The maximum Gasteiger partial charge on any atom is 0.173 e. The quantitative estimate of drug-likeness (QED) is 0.548. The van der Waals surface area contributed by atoms with Gasteiger partial charge in [-0.25, -0.2) is 0 Å². The standard InChI is InChI=1S/C17H23BrN2O2/c18-13-17(21)14-1-5-16(6-2-14)22-12-11-19-7-9-20(10-8-19)15-3-4-15/h1-2,5-6,15H,3-4,7-13H2. The lowest BCUT2D eigenvalue weighted by molar-refractivity contribution is 0.102. The predicted octanol–water partition coefficient (Wildman–Crippen LogP) is 2.42. The summed E-state index contributed by atoms with van der Waals surface area (Å²) in [5.74, 6) is 0.933. The van der Waals surface area contributed by atoms with Gasteiger partial charge in [-0.05, 0) is 37.1 Å². The summed E-state index contributed by atoms with van der Waals surface area (Å²) >= 11 is 3.18. The Labute approximate surface area is 140 Å². The molecule has 0 N–H and O–H groups in total. The van der Waals surface area contributed by atoms with Crippen LogP contribution in [0.5, 0.6) is 5.75 Å². The van der Waals surface area contributed by atoms with Gasteiger partial charge >= 0.3 is 0 Å². The number of carbonyl (C=O) groups is 1. The summed E-state index contributed by atoms with van der Waals surface area (Å²) in [6, 6.07) is 8.29. The summed E-state index contributed by atoms with van der Waals surface area (Å²) in [6.45, 7) is 6.38. The first kappa shape index (κ1) is 16.0. The third-order valence-electron chi connectivity index (χ3n) is 4.44. The molecule has 1 aromatic carbocycles. The summed E-state index contributed by atoms with van der Waals surface area (Å²) in [5.41, 5.74) is 0.723. The van der Waals surface area contributed by atoms with E-state index in [0.29, 0.717) is 11.9 Å². The Morgan fingerprint density at radius 3 is 2.41 bits per heavy atom. The van der Waals surface area contributed by atoms with Gasteiger partial charge in [-0.15, -0.1) is 0 Å². The number of nitrogens with zero attached hydrogens (tertiary/aromatic N) is 2. The third-order valence-corrected chi connectivity index (χ3v) is 4.95. The van der Waals surface area contributed by atoms with Gasteiger partial charge in [-0.2, -0.15) is 0 Å². The molecule has 5 heteroatoms. The highest BCUT2D eigenvalue weighted by Crippen LogP contribution is 2.27. The normalized spacial score (nSPS) is 20.0. The molecule has 0 bridgehead atoms. The number of hydrogen-bond acceptors (Lipinski definition) is 4. The number of carbonyl (C=O) groups excluding carboxylic acids is 1. The molecule has 2 aliphatic rings. The minimum Gasteiger partial charge on any atom is -0.492 e. The minimum atomic E-state index is 0.0973. The van der Waals surface area contributed by atoms with Gasteiger partial charge in [-0.1, -0.05) is 15.9 Å². The Hall–Kier alpha value is -0.910. The monoisotopic (exact) mass is 366 g/mol. The highest BCUT2D eigenvalue weighted by atomic mass is 79.9. The number of ether oxygens (including phenoxy) is 1. The van der Waals surface area contributed by atoms with Gasteiger partial charge in [0.1, 0.15) is 12.4 Å². The molecule has 2 fully saturated rings. The molecule has 22 heavy (non-hydrogen) atoms. The summed E-state index contributed by atoms with van der Waals surface area (Å²) in [7, 11) is 0. The van der Waals surface area contributed by atoms with Crippen molar-refractivity contribution < 1.29 is 9.53 Å². The second-order valence-electron chi connectivity index (χ2n) is 6.04. The molecule has 3 rings (SSSR count). The van der Waals surface area contributed by atoms with E-state index < -0.39 is 0 Å². The first-order chi connectivity index (χ1) is 10.8. The summed E-state index contributed by atoms with van der Waals surface area (Å²) in [5, 5.41) is 0.361. The second-order valence-corrected chi connectivity index (χ2v) is 6.60. The summed E-state index contributed by atoms with van der Waals surface area (Å²) in [6.07, 6.45) is 2.80. The molecule has 1 saturated carbocycles. The fourth-order valence-corrected chi connectivity index (χ4v) is 3.22. The van der Waals surface area contributed by atoms with Crippen LogP contribution in [0.25, 0.3) is 0 Å². The van der Waals surface area contributed by atoms with Crippen LogP contribution < -0.4 is 4.74 Å². The highest BCUT2D eigenvalue weighted by Gasteiger charge is 2.30. The van der Waals surface area contributed by atoms with Crippen molar-refractivity contribution in [2.75, 3.05) is 44.7 Å². The maximum absolute atomic E-state index is 11.5. The van der Waals surface area contributed by atoms with Crippen molar-refractivity contribution in [1.29, 1.82) is 0 Å². The van der Waals surface area contributed by atoms with Crippen LogP contribution in [0.15, 0.2) is 24.3 Å². The van der Waals surface area contributed by atoms with Crippen molar-refractivity contribution in [3.05, 3.63) is 29.8 Å². The van der Waals surface area contributed by atoms with Gasteiger partial charge in [0.25, 0.3) is 0 Å². The molecule has 0 radical (unpaired) electrons. The van der Waals surface area contributed by atoms with Crippen molar-refractivity contribution in [3.63, 3.8) is 0 Å². The lowest BCUT2D eigenvalue weighted by Gasteiger charge is -2.34. The average Bonchev–Trinajstić information content (AvgIpc) is 3.40. The van der Waals surface area contributed by atoms with Gasteiger partial charge in [0.15, 0.2) is 5.78 Å². The Morgan fingerprint density at radius 2 is 1.82 bits per heavy atom. The maximum atomic E-state index is 11.5. The predicted molar refractivity (Wildman–Crippen MR) is 91.1 cm³/mol. The molecule has 1 aliphatic heterocycles. The van der Waals surface area contributed by atoms with E-state index in [0.717, 1.165) is 37.0 Å². The Bertz CT molecular complexity index is 494. The van der Waals surface area contributed by atoms with Crippen LogP contribution in [-0.4, -0.2) is 66.3 Å². The third kappa shape index (κ3) is 4.31.